The molecule has 1 fully saturated rings. The van der Waals surface area contributed by atoms with Gasteiger partial charge in [0.05, 0.1) is 0 Å². The molecule has 1 atom stereocenters. The normalized spacial score (nSPS) is 20.8. The molecule has 108 valence electrons. The number of nitrogens with zero attached hydrogens (tertiary/aromatic N) is 1. The first kappa shape index (κ1) is 13.6. The fraction of sp³-hybridized carbons (Fsp3) is 0.562. The van der Waals surface area contributed by atoms with E-state index in [4.69, 9.17) is 10.5 Å². The van der Waals surface area contributed by atoms with Gasteiger partial charge in [-0.05, 0) is 43.4 Å². The monoisotopic (exact) mass is 274 g/mol. The van der Waals surface area contributed by atoms with Crippen molar-refractivity contribution in [3.05, 3.63) is 29.3 Å². The average molecular weight is 274 g/mol. The van der Waals surface area contributed by atoms with Gasteiger partial charge < -0.3 is 15.4 Å². The second-order valence-electron chi connectivity index (χ2n) is 5.80. The van der Waals surface area contributed by atoms with Crippen molar-refractivity contribution in [1.82, 2.24) is 0 Å². The third-order valence-corrected chi connectivity index (χ3v) is 4.36. The Bertz CT molecular complexity index is 507. The van der Waals surface area contributed by atoms with Gasteiger partial charge in [0.25, 0.3) is 0 Å². The number of benzene rings is 1. The van der Waals surface area contributed by atoms with E-state index >= 15 is 0 Å². The first-order valence-corrected chi connectivity index (χ1v) is 7.44. The lowest BCUT2D eigenvalue weighted by Crippen LogP contribution is -2.37. The van der Waals surface area contributed by atoms with Crippen molar-refractivity contribution in [2.45, 2.75) is 32.2 Å². The highest BCUT2D eigenvalue weighted by Gasteiger charge is 2.31. The van der Waals surface area contributed by atoms with Gasteiger partial charge in [-0.3, -0.25) is 4.79 Å². The predicted octanol–water partition coefficient (Wildman–Crippen LogP) is 2.02. The molecule has 1 saturated heterocycles. The van der Waals surface area contributed by atoms with Crippen LogP contribution in [0.3, 0.4) is 0 Å². The van der Waals surface area contributed by atoms with Crippen LogP contribution in [0.2, 0.25) is 0 Å². The second kappa shape index (κ2) is 5.54. The largest absolute Gasteiger partial charge is 0.381 e. The molecule has 0 spiro atoms. The highest BCUT2D eigenvalue weighted by molar-refractivity contribution is 5.97. The van der Waals surface area contributed by atoms with Crippen molar-refractivity contribution in [3.63, 3.8) is 0 Å². The van der Waals surface area contributed by atoms with Gasteiger partial charge in [-0.1, -0.05) is 12.1 Å². The number of fused-ring (bicyclic) bond motifs is 1. The van der Waals surface area contributed by atoms with E-state index < -0.39 is 0 Å². The molecule has 1 aromatic carbocycles. The maximum atomic E-state index is 12.6. The molecule has 4 nitrogen and oxygen atoms in total. The SMILES string of the molecule is CC(N)c1ccc2c(c1)CCN2C(=O)C1CCOCC1. The molecule has 0 aliphatic carbocycles. The fourth-order valence-corrected chi connectivity index (χ4v) is 3.10. The Hall–Kier alpha value is -1.39. The summed E-state index contributed by atoms with van der Waals surface area (Å²) in [7, 11) is 0. The van der Waals surface area contributed by atoms with Gasteiger partial charge in [-0.15, -0.1) is 0 Å². The average Bonchev–Trinajstić information content (AvgIpc) is 2.90. The highest BCUT2D eigenvalue weighted by Crippen LogP contribution is 2.32. The molecule has 0 bridgehead atoms. The van der Waals surface area contributed by atoms with Crippen LogP contribution in [0.25, 0.3) is 0 Å². The molecular formula is C16H22N2O2. The molecule has 4 heteroatoms. The third-order valence-electron chi connectivity index (χ3n) is 4.36. The summed E-state index contributed by atoms with van der Waals surface area (Å²) in [5.41, 5.74) is 9.39. The van der Waals surface area contributed by atoms with Crippen molar-refractivity contribution < 1.29 is 9.53 Å². The van der Waals surface area contributed by atoms with E-state index in [0.29, 0.717) is 13.2 Å². The molecule has 2 aliphatic rings. The smallest absolute Gasteiger partial charge is 0.230 e. The topological polar surface area (TPSA) is 55.6 Å². The van der Waals surface area contributed by atoms with E-state index in [1.165, 1.54) is 5.56 Å². The summed E-state index contributed by atoms with van der Waals surface area (Å²) in [5.74, 6) is 0.392. The lowest BCUT2D eigenvalue weighted by molar-refractivity contribution is -0.125. The van der Waals surface area contributed by atoms with Crippen LogP contribution < -0.4 is 10.6 Å². The number of nitrogens with two attached hydrogens (primary N) is 1. The summed E-state index contributed by atoms with van der Waals surface area (Å²) in [6, 6.07) is 6.29. The Balaban J connectivity index is 1.80. The van der Waals surface area contributed by atoms with Crippen molar-refractivity contribution in [3.8, 4) is 0 Å². The molecule has 2 N–H and O–H groups in total. The molecule has 1 unspecified atom stereocenters. The Labute approximate surface area is 119 Å². The van der Waals surface area contributed by atoms with Gasteiger partial charge in [-0.2, -0.15) is 0 Å². The van der Waals surface area contributed by atoms with Gasteiger partial charge in [0, 0.05) is 37.4 Å². The number of hydrogen-bond acceptors (Lipinski definition) is 3. The zero-order valence-electron chi connectivity index (χ0n) is 12.0. The summed E-state index contributed by atoms with van der Waals surface area (Å²) >= 11 is 0. The van der Waals surface area contributed by atoms with Crippen LogP contribution in [0.4, 0.5) is 5.69 Å². The standard InChI is InChI=1S/C16H22N2O2/c1-11(17)13-2-3-15-14(10-13)4-7-18(15)16(19)12-5-8-20-9-6-12/h2-3,10-12H,4-9,17H2,1H3. The van der Waals surface area contributed by atoms with E-state index in [1.807, 2.05) is 17.9 Å². The molecule has 1 amide bonds. The number of amides is 1. The minimum atomic E-state index is 0.0422. The summed E-state index contributed by atoms with van der Waals surface area (Å²) in [6.07, 6.45) is 2.63. The summed E-state index contributed by atoms with van der Waals surface area (Å²) in [5, 5.41) is 0. The van der Waals surface area contributed by atoms with E-state index in [0.717, 1.165) is 37.1 Å². The van der Waals surface area contributed by atoms with Crippen LogP contribution >= 0.6 is 0 Å². The first-order chi connectivity index (χ1) is 9.66. The molecule has 0 aromatic heterocycles. The van der Waals surface area contributed by atoms with Gasteiger partial charge in [-0.25, -0.2) is 0 Å². The number of carbonyl (C=O) groups excluding carboxylic acids is 1. The van der Waals surface area contributed by atoms with Crippen LogP contribution in [0.15, 0.2) is 18.2 Å². The molecule has 20 heavy (non-hydrogen) atoms. The number of hydrogen-bond donors (Lipinski definition) is 1. The molecule has 2 aliphatic heterocycles. The lowest BCUT2D eigenvalue weighted by atomic mass is 9.98. The Kier molecular flexibility index (Phi) is 3.76. The molecule has 2 heterocycles. The maximum absolute atomic E-state index is 12.6. The minimum absolute atomic E-state index is 0.0422. The second-order valence-corrected chi connectivity index (χ2v) is 5.80. The quantitative estimate of drug-likeness (QED) is 0.897. The van der Waals surface area contributed by atoms with Crippen LogP contribution in [0.1, 0.15) is 36.9 Å². The van der Waals surface area contributed by atoms with Crippen LogP contribution in [-0.4, -0.2) is 25.7 Å². The number of anilines is 1. The molecular weight excluding hydrogens is 252 g/mol. The van der Waals surface area contributed by atoms with Crippen LogP contribution in [0.5, 0.6) is 0 Å². The summed E-state index contributed by atoms with van der Waals surface area (Å²) in [6.45, 7) is 4.21. The van der Waals surface area contributed by atoms with Crippen molar-refractivity contribution in [2.75, 3.05) is 24.7 Å². The van der Waals surface area contributed by atoms with Crippen LogP contribution in [0, 0.1) is 5.92 Å². The van der Waals surface area contributed by atoms with Crippen molar-refractivity contribution in [1.29, 1.82) is 0 Å². The molecule has 0 saturated carbocycles. The number of carbonyl (C=O) groups is 1. The first-order valence-electron chi connectivity index (χ1n) is 7.44. The minimum Gasteiger partial charge on any atom is -0.381 e. The Morgan fingerprint density at radius 2 is 2.15 bits per heavy atom. The zero-order chi connectivity index (χ0) is 14.1. The molecule has 0 radical (unpaired) electrons. The fourth-order valence-electron chi connectivity index (χ4n) is 3.10. The van der Waals surface area contributed by atoms with Gasteiger partial charge in [0.15, 0.2) is 0 Å². The number of ether oxygens (including phenoxy) is 1. The summed E-state index contributed by atoms with van der Waals surface area (Å²) in [4.78, 5) is 14.6. The summed E-state index contributed by atoms with van der Waals surface area (Å²) < 4.78 is 5.34. The molecule has 1 aromatic rings. The van der Waals surface area contributed by atoms with E-state index in [2.05, 4.69) is 12.1 Å². The molecule has 3 rings (SSSR count). The van der Waals surface area contributed by atoms with Gasteiger partial charge in [0.1, 0.15) is 0 Å². The van der Waals surface area contributed by atoms with E-state index in [1.54, 1.807) is 0 Å². The van der Waals surface area contributed by atoms with Gasteiger partial charge in [0.2, 0.25) is 5.91 Å². The van der Waals surface area contributed by atoms with Gasteiger partial charge >= 0.3 is 0 Å². The predicted molar refractivity (Wildman–Crippen MR) is 78.6 cm³/mol. The maximum Gasteiger partial charge on any atom is 0.230 e. The number of rotatable bonds is 2. The Morgan fingerprint density at radius 3 is 2.85 bits per heavy atom. The third kappa shape index (κ3) is 2.45. The van der Waals surface area contributed by atoms with E-state index in [-0.39, 0.29) is 17.9 Å². The van der Waals surface area contributed by atoms with E-state index in [9.17, 15) is 4.79 Å². The zero-order valence-corrected chi connectivity index (χ0v) is 12.0. The van der Waals surface area contributed by atoms with Crippen molar-refractivity contribution in [2.24, 2.45) is 11.7 Å². The highest BCUT2D eigenvalue weighted by atomic mass is 16.5. The van der Waals surface area contributed by atoms with Crippen LogP contribution in [-0.2, 0) is 16.0 Å². The lowest BCUT2D eigenvalue weighted by Gasteiger charge is -2.26. The Morgan fingerprint density at radius 1 is 1.40 bits per heavy atom. The van der Waals surface area contributed by atoms with Crippen molar-refractivity contribution >= 4 is 11.6 Å².